The van der Waals surface area contributed by atoms with E-state index in [2.05, 4.69) is 9.97 Å². The molecule has 126 valence electrons. The summed E-state index contributed by atoms with van der Waals surface area (Å²) in [5.41, 5.74) is 0.226. The van der Waals surface area contributed by atoms with Gasteiger partial charge in [-0.3, -0.25) is 14.9 Å². The molecule has 0 spiro atoms. The number of nitro benzene ring substituents is 1. The normalized spacial score (nSPS) is 11.9. The number of H-pyrrole nitrogens is 1. The van der Waals surface area contributed by atoms with E-state index in [0.717, 1.165) is 0 Å². The Balaban J connectivity index is 1.81. The molecule has 0 saturated carbocycles. The maximum Gasteiger partial charge on any atom is 0.338 e. The average Bonchev–Trinajstić information content (AvgIpc) is 2.61. The SMILES string of the molecule is C[C@@H](OC(=O)c1ccc([N+](=O)[O-])cc1)c1nc2ccccc2c(=O)[nH]1. The Labute approximate surface area is 141 Å². The number of nitro groups is 1. The molecule has 0 aliphatic rings. The number of para-hydroxylation sites is 1. The van der Waals surface area contributed by atoms with Crippen LogP contribution in [0.2, 0.25) is 0 Å². The molecule has 1 N–H and O–H groups in total. The van der Waals surface area contributed by atoms with Crippen LogP contribution in [0, 0.1) is 10.1 Å². The molecule has 0 unspecified atom stereocenters. The predicted octanol–water partition coefficient (Wildman–Crippen LogP) is 2.75. The Bertz CT molecular complexity index is 1010. The molecule has 0 aliphatic carbocycles. The molecule has 3 rings (SSSR count). The summed E-state index contributed by atoms with van der Waals surface area (Å²) in [6.07, 6.45) is -0.792. The molecule has 3 aromatic rings. The number of non-ortho nitro benzene ring substituents is 1. The summed E-state index contributed by atoms with van der Waals surface area (Å²) >= 11 is 0. The van der Waals surface area contributed by atoms with Crippen molar-refractivity contribution in [1.29, 1.82) is 0 Å². The standard InChI is InChI=1S/C17H13N3O5/c1-10(15-18-14-5-3-2-4-13(14)16(21)19-15)25-17(22)11-6-8-12(9-7-11)20(23)24/h2-10H,1H3,(H,18,19,21)/t10-/m1/s1. The molecule has 1 atom stereocenters. The maximum absolute atomic E-state index is 12.1. The quantitative estimate of drug-likeness (QED) is 0.444. The van der Waals surface area contributed by atoms with Gasteiger partial charge in [0.1, 0.15) is 0 Å². The molecule has 0 bridgehead atoms. The van der Waals surface area contributed by atoms with E-state index in [4.69, 9.17) is 4.74 Å². The van der Waals surface area contributed by atoms with Gasteiger partial charge in [-0.1, -0.05) is 12.1 Å². The lowest BCUT2D eigenvalue weighted by Crippen LogP contribution is -2.17. The Morgan fingerprint density at radius 1 is 1.20 bits per heavy atom. The van der Waals surface area contributed by atoms with Crippen molar-refractivity contribution in [3.63, 3.8) is 0 Å². The van der Waals surface area contributed by atoms with Crippen molar-refractivity contribution in [3.05, 3.63) is 80.4 Å². The summed E-state index contributed by atoms with van der Waals surface area (Å²) in [5.74, 6) is -0.447. The van der Waals surface area contributed by atoms with Crippen molar-refractivity contribution in [2.45, 2.75) is 13.0 Å². The number of aromatic nitrogens is 2. The first-order valence-corrected chi connectivity index (χ1v) is 7.40. The fraction of sp³-hybridized carbons (Fsp3) is 0.118. The van der Waals surface area contributed by atoms with Crippen molar-refractivity contribution in [3.8, 4) is 0 Å². The van der Waals surface area contributed by atoms with Gasteiger partial charge in [0.2, 0.25) is 0 Å². The monoisotopic (exact) mass is 339 g/mol. The van der Waals surface area contributed by atoms with E-state index < -0.39 is 17.0 Å². The molecule has 8 heteroatoms. The van der Waals surface area contributed by atoms with E-state index in [1.807, 2.05) is 0 Å². The highest BCUT2D eigenvalue weighted by Gasteiger charge is 2.17. The van der Waals surface area contributed by atoms with E-state index >= 15 is 0 Å². The zero-order chi connectivity index (χ0) is 18.0. The highest BCUT2D eigenvalue weighted by molar-refractivity contribution is 5.89. The zero-order valence-corrected chi connectivity index (χ0v) is 13.1. The van der Waals surface area contributed by atoms with Crippen LogP contribution in [0.25, 0.3) is 10.9 Å². The van der Waals surface area contributed by atoms with E-state index in [1.54, 1.807) is 31.2 Å². The topological polar surface area (TPSA) is 115 Å². The van der Waals surface area contributed by atoms with E-state index in [9.17, 15) is 19.7 Å². The van der Waals surface area contributed by atoms with Gasteiger partial charge >= 0.3 is 5.97 Å². The number of rotatable bonds is 4. The lowest BCUT2D eigenvalue weighted by Gasteiger charge is -2.13. The molecule has 1 heterocycles. The zero-order valence-electron chi connectivity index (χ0n) is 13.1. The molecular formula is C17H13N3O5. The molecule has 0 saturated heterocycles. The van der Waals surface area contributed by atoms with Gasteiger partial charge in [-0.05, 0) is 31.2 Å². The van der Waals surface area contributed by atoms with Gasteiger partial charge in [-0.2, -0.15) is 0 Å². The van der Waals surface area contributed by atoms with Gasteiger partial charge in [0.05, 0.1) is 21.4 Å². The van der Waals surface area contributed by atoms with Crippen molar-refractivity contribution in [2.24, 2.45) is 0 Å². The first kappa shape index (κ1) is 16.3. The highest BCUT2D eigenvalue weighted by Crippen LogP contribution is 2.18. The Hall–Kier alpha value is -3.55. The minimum absolute atomic E-state index is 0.120. The molecular weight excluding hydrogens is 326 g/mol. The Kier molecular flexibility index (Phi) is 4.25. The molecule has 8 nitrogen and oxygen atoms in total. The predicted molar refractivity (Wildman–Crippen MR) is 89.3 cm³/mol. The number of esters is 1. The van der Waals surface area contributed by atoms with Gasteiger partial charge in [-0.25, -0.2) is 9.78 Å². The molecule has 0 amide bonds. The van der Waals surface area contributed by atoms with Crippen LogP contribution in [-0.2, 0) is 4.74 Å². The first-order chi connectivity index (χ1) is 12.0. The van der Waals surface area contributed by atoms with E-state index in [-0.39, 0.29) is 22.6 Å². The minimum atomic E-state index is -0.792. The molecule has 0 aliphatic heterocycles. The van der Waals surface area contributed by atoms with Gasteiger partial charge in [0, 0.05) is 12.1 Å². The lowest BCUT2D eigenvalue weighted by molar-refractivity contribution is -0.384. The maximum atomic E-state index is 12.1. The largest absolute Gasteiger partial charge is 0.451 e. The summed E-state index contributed by atoms with van der Waals surface area (Å²) < 4.78 is 5.29. The first-order valence-electron chi connectivity index (χ1n) is 7.40. The van der Waals surface area contributed by atoms with Crippen molar-refractivity contribution in [2.75, 3.05) is 0 Å². The van der Waals surface area contributed by atoms with Crippen LogP contribution in [0.15, 0.2) is 53.3 Å². The van der Waals surface area contributed by atoms with Crippen molar-refractivity contribution < 1.29 is 14.5 Å². The number of carbonyl (C=O) groups excluding carboxylic acids is 1. The number of nitrogens with one attached hydrogen (secondary N) is 1. The van der Waals surface area contributed by atoms with Crippen molar-refractivity contribution >= 4 is 22.6 Å². The van der Waals surface area contributed by atoms with Gasteiger partial charge in [0.25, 0.3) is 11.2 Å². The minimum Gasteiger partial charge on any atom is -0.451 e. The van der Waals surface area contributed by atoms with Crippen LogP contribution in [0.1, 0.15) is 29.2 Å². The van der Waals surface area contributed by atoms with Crippen LogP contribution in [-0.4, -0.2) is 20.9 Å². The second-order valence-electron chi connectivity index (χ2n) is 5.32. The number of aromatic amines is 1. The molecule has 0 radical (unpaired) electrons. The van der Waals surface area contributed by atoms with E-state index in [0.29, 0.717) is 10.9 Å². The third kappa shape index (κ3) is 3.37. The third-order valence-electron chi connectivity index (χ3n) is 3.61. The van der Waals surface area contributed by atoms with Gasteiger partial charge in [0.15, 0.2) is 11.9 Å². The van der Waals surface area contributed by atoms with Crippen LogP contribution >= 0.6 is 0 Å². The van der Waals surface area contributed by atoms with Crippen LogP contribution in [0.4, 0.5) is 5.69 Å². The van der Waals surface area contributed by atoms with Crippen LogP contribution in [0.3, 0.4) is 0 Å². The van der Waals surface area contributed by atoms with Crippen molar-refractivity contribution in [1.82, 2.24) is 9.97 Å². The summed E-state index contributed by atoms with van der Waals surface area (Å²) in [7, 11) is 0. The van der Waals surface area contributed by atoms with Gasteiger partial charge < -0.3 is 9.72 Å². The summed E-state index contributed by atoms with van der Waals surface area (Å²) in [6.45, 7) is 1.58. The molecule has 0 fully saturated rings. The smallest absolute Gasteiger partial charge is 0.338 e. The fourth-order valence-corrected chi connectivity index (χ4v) is 2.30. The number of fused-ring (bicyclic) bond motifs is 1. The van der Waals surface area contributed by atoms with E-state index in [1.165, 1.54) is 24.3 Å². The summed E-state index contributed by atoms with van der Waals surface area (Å²) in [6, 6.07) is 11.9. The highest BCUT2D eigenvalue weighted by atomic mass is 16.6. The lowest BCUT2D eigenvalue weighted by atomic mass is 10.2. The third-order valence-corrected chi connectivity index (χ3v) is 3.61. The Morgan fingerprint density at radius 2 is 1.88 bits per heavy atom. The van der Waals surface area contributed by atoms with Crippen LogP contribution < -0.4 is 5.56 Å². The number of nitrogens with zero attached hydrogens (tertiary/aromatic N) is 2. The average molecular weight is 339 g/mol. The summed E-state index contributed by atoms with van der Waals surface area (Å²) in [5, 5.41) is 11.1. The van der Waals surface area contributed by atoms with Gasteiger partial charge in [-0.15, -0.1) is 0 Å². The number of ether oxygens (including phenoxy) is 1. The second kappa shape index (κ2) is 6.52. The second-order valence-corrected chi connectivity index (χ2v) is 5.32. The number of carbonyl (C=O) groups is 1. The van der Waals surface area contributed by atoms with Crippen LogP contribution in [0.5, 0.6) is 0 Å². The molecule has 25 heavy (non-hydrogen) atoms. The fourth-order valence-electron chi connectivity index (χ4n) is 2.30. The number of hydrogen-bond donors (Lipinski definition) is 1. The summed E-state index contributed by atoms with van der Waals surface area (Å²) in [4.78, 5) is 41.2. The number of benzene rings is 2. The molecule has 1 aromatic heterocycles. The Morgan fingerprint density at radius 3 is 2.56 bits per heavy atom. The number of hydrogen-bond acceptors (Lipinski definition) is 6. The molecule has 2 aromatic carbocycles.